The molecule has 0 atom stereocenters. The number of amides is 1. The summed E-state index contributed by atoms with van der Waals surface area (Å²) in [5, 5.41) is 0. The number of carbonyl (C=O) groups is 2. The van der Waals surface area contributed by atoms with Gasteiger partial charge in [0, 0.05) is 31.5 Å². The predicted molar refractivity (Wildman–Crippen MR) is 118 cm³/mol. The molecule has 0 aromatic carbocycles. The van der Waals surface area contributed by atoms with Gasteiger partial charge in [0.1, 0.15) is 17.6 Å². The van der Waals surface area contributed by atoms with Crippen molar-refractivity contribution < 1.29 is 14.3 Å². The molecule has 0 spiro atoms. The van der Waals surface area contributed by atoms with Gasteiger partial charge in [-0.05, 0) is 25.2 Å². The molecule has 1 aromatic rings. The van der Waals surface area contributed by atoms with Gasteiger partial charge < -0.3 is 15.4 Å². The summed E-state index contributed by atoms with van der Waals surface area (Å²) in [7, 11) is 0. The number of nitrogens with zero attached hydrogens (tertiary/aromatic N) is 3. The standard InChI is InChI=1S/C23H34N4O3/c1-5-6-18(13-16(2)3)8-7-17(4)23(29)30-19-9-11-27(12-10-19)21-15-25-20(14-26-21)22(24)28/h13-16,19H,4-12H2,1-3H3,(H2,24,28)/b18-13-. The summed E-state index contributed by atoms with van der Waals surface area (Å²) in [6.45, 7) is 11.9. The molecule has 7 nitrogen and oxygen atoms in total. The Labute approximate surface area is 179 Å². The summed E-state index contributed by atoms with van der Waals surface area (Å²) in [4.78, 5) is 33.9. The van der Waals surface area contributed by atoms with Gasteiger partial charge in [0.05, 0.1) is 12.4 Å². The van der Waals surface area contributed by atoms with Crippen molar-refractivity contribution >= 4 is 17.7 Å². The fourth-order valence-electron chi connectivity index (χ4n) is 3.55. The van der Waals surface area contributed by atoms with Crippen LogP contribution in [-0.4, -0.2) is 41.0 Å². The summed E-state index contributed by atoms with van der Waals surface area (Å²) in [6, 6.07) is 0. The highest BCUT2D eigenvalue weighted by molar-refractivity contribution is 5.90. The summed E-state index contributed by atoms with van der Waals surface area (Å²) in [5.74, 6) is 0.309. The van der Waals surface area contributed by atoms with E-state index in [9.17, 15) is 9.59 Å². The summed E-state index contributed by atoms with van der Waals surface area (Å²) in [5.41, 5.74) is 7.26. The minimum absolute atomic E-state index is 0.121. The number of ether oxygens (including phenoxy) is 1. The average Bonchev–Trinajstić information content (AvgIpc) is 2.72. The van der Waals surface area contributed by atoms with Gasteiger partial charge in [0.25, 0.3) is 5.91 Å². The van der Waals surface area contributed by atoms with Gasteiger partial charge in [-0.3, -0.25) is 4.79 Å². The zero-order valence-electron chi connectivity index (χ0n) is 18.4. The molecule has 0 unspecified atom stereocenters. The Morgan fingerprint density at radius 3 is 2.47 bits per heavy atom. The molecule has 1 saturated heterocycles. The van der Waals surface area contributed by atoms with E-state index in [1.165, 1.54) is 11.8 Å². The Kier molecular flexibility index (Phi) is 9.02. The highest BCUT2D eigenvalue weighted by Crippen LogP contribution is 2.22. The Morgan fingerprint density at radius 2 is 1.93 bits per heavy atom. The molecular formula is C23H34N4O3. The minimum atomic E-state index is -0.596. The molecule has 0 radical (unpaired) electrons. The third-order valence-electron chi connectivity index (χ3n) is 5.11. The molecule has 0 saturated carbocycles. The van der Waals surface area contributed by atoms with Crippen LogP contribution >= 0.6 is 0 Å². The van der Waals surface area contributed by atoms with E-state index < -0.39 is 5.91 Å². The SMILES string of the molecule is C=C(CC/C(=C\C(C)C)CCC)C(=O)OC1CCN(c2cnc(C(N)=O)cn2)CC1. The molecule has 0 aliphatic carbocycles. The topological polar surface area (TPSA) is 98.4 Å². The maximum absolute atomic E-state index is 12.4. The third kappa shape index (κ3) is 7.28. The van der Waals surface area contributed by atoms with Crippen LogP contribution in [0.15, 0.2) is 36.2 Å². The Bertz CT molecular complexity index is 763. The van der Waals surface area contributed by atoms with E-state index >= 15 is 0 Å². The predicted octanol–water partition coefficient (Wildman–Crippen LogP) is 3.81. The minimum Gasteiger partial charge on any atom is -0.459 e. The van der Waals surface area contributed by atoms with Crippen molar-refractivity contribution in [1.82, 2.24) is 9.97 Å². The van der Waals surface area contributed by atoms with Crippen molar-refractivity contribution in [3.63, 3.8) is 0 Å². The van der Waals surface area contributed by atoms with Crippen molar-refractivity contribution in [2.45, 2.75) is 65.4 Å². The van der Waals surface area contributed by atoms with Crippen LogP contribution in [0.25, 0.3) is 0 Å². The molecule has 7 heteroatoms. The van der Waals surface area contributed by atoms with Crippen LogP contribution in [0.5, 0.6) is 0 Å². The lowest BCUT2D eigenvalue weighted by Crippen LogP contribution is -2.38. The van der Waals surface area contributed by atoms with Crippen LogP contribution in [0.2, 0.25) is 0 Å². The molecule has 30 heavy (non-hydrogen) atoms. The highest BCUT2D eigenvalue weighted by atomic mass is 16.5. The van der Waals surface area contributed by atoms with Crippen molar-refractivity contribution in [2.24, 2.45) is 11.7 Å². The number of nitrogens with two attached hydrogens (primary N) is 1. The largest absolute Gasteiger partial charge is 0.459 e. The van der Waals surface area contributed by atoms with Crippen LogP contribution < -0.4 is 10.6 Å². The number of aromatic nitrogens is 2. The fraction of sp³-hybridized carbons (Fsp3) is 0.565. The number of rotatable bonds is 10. The van der Waals surface area contributed by atoms with E-state index in [2.05, 4.69) is 48.3 Å². The van der Waals surface area contributed by atoms with Gasteiger partial charge in [0.2, 0.25) is 0 Å². The first-order valence-electron chi connectivity index (χ1n) is 10.7. The summed E-state index contributed by atoms with van der Waals surface area (Å²) >= 11 is 0. The normalized spacial score (nSPS) is 15.3. The molecule has 164 valence electrons. The number of esters is 1. The van der Waals surface area contributed by atoms with Gasteiger partial charge >= 0.3 is 5.97 Å². The number of allylic oxidation sites excluding steroid dienone is 2. The van der Waals surface area contributed by atoms with Gasteiger partial charge in [-0.1, -0.05) is 45.4 Å². The lowest BCUT2D eigenvalue weighted by molar-refractivity contribution is -0.145. The zero-order valence-corrected chi connectivity index (χ0v) is 18.4. The smallest absolute Gasteiger partial charge is 0.333 e. The van der Waals surface area contributed by atoms with Gasteiger partial charge in [-0.2, -0.15) is 0 Å². The Balaban J connectivity index is 1.79. The lowest BCUT2D eigenvalue weighted by atomic mass is 9.98. The van der Waals surface area contributed by atoms with Crippen LogP contribution in [0.1, 0.15) is 69.8 Å². The van der Waals surface area contributed by atoms with Gasteiger partial charge in [0.15, 0.2) is 0 Å². The van der Waals surface area contributed by atoms with Crippen molar-refractivity contribution in [2.75, 3.05) is 18.0 Å². The maximum atomic E-state index is 12.4. The first-order valence-corrected chi connectivity index (χ1v) is 10.7. The average molecular weight is 415 g/mol. The molecule has 1 aliphatic heterocycles. The van der Waals surface area contributed by atoms with E-state index in [0.717, 1.165) is 19.3 Å². The van der Waals surface area contributed by atoms with Crippen LogP contribution in [-0.2, 0) is 9.53 Å². The van der Waals surface area contributed by atoms with E-state index in [-0.39, 0.29) is 17.8 Å². The van der Waals surface area contributed by atoms with Gasteiger partial charge in [-0.15, -0.1) is 0 Å². The lowest BCUT2D eigenvalue weighted by Gasteiger charge is -2.32. The highest BCUT2D eigenvalue weighted by Gasteiger charge is 2.24. The molecule has 1 fully saturated rings. The zero-order chi connectivity index (χ0) is 22.1. The number of piperidine rings is 1. The Hall–Kier alpha value is -2.70. The molecule has 2 N–H and O–H groups in total. The second-order valence-corrected chi connectivity index (χ2v) is 8.14. The number of anilines is 1. The Morgan fingerprint density at radius 1 is 1.23 bits per heavy atom. The first kappa shape index (κ1) is 23.6. The van der Waals surface area contributed by atoms with Gasteiger partial charge in [-0.25, -0.2) is 14.8 Å². The van der Waals surface area contributed by atoms with Crippen molar-refractivity contribution in [1.29, 1.82) is 0 Å². The van der Waals surface area contributed by atoms with Crippen molar-refractivity contribution in [3.8, 4) is 0 Å². The quantitative estimate of drug-likeness (QED) is 0.355. The number of carbonyl (C=O) groups excluding carboxylic acids is 2. The van der Waals surface area contributed by atoms with E-state index in [1.54, 1.807) is 6.20 Å². The van der Waals surface area contributed by atoms with Crippen LogP contribution in [0.3, 0.4) is 0 Å². The van der Waals surface area contributed by atoms with Crippen molar-refractivity contribution in [3.05, 3.63) is 41.9 Å². The second-order valence-electron chi connectivity index (χ2n) is 8.14. The van der Waals surface area contributed by atoms with E-state index in [4.69, 9.17) is 10.5 Å². The summed E-state index contributed by atoms with van der Waals surface area (Å²) < 4.78 is 5.68. The number of hydrogen-bond donors (Lipinski definition) is 1. The third-order valence-corrected chi connectivity index (χ3v) is 5.11. The molecule has 2 rings (SSSR count). The van der Waals surface area contributed by atoms with E-state index in [1.807, 2.05) is 0 Å². The molecule has 1 aliphatic rings. The summed E-state index contributed by atoms with van der Waals surface area (Å²) in [6.07, 6.45) is 10.2. The molecule has 2 heterocycles. The first-order chi connectivity index (χ1) is 14.3. The fourth-order valence-corrected chi connectivity index (χ4v) is 3.55. The molecule has 0 bridgehead atoms. The molecule has 1 aromatic heterocycles. The van der Waals surface area contributed by atoms with E-state index in [0.29, 0.717) is 49.7 Å². The molecule has 1 amide bonds. The maximum Gasteiger partial charge on any atom is 0.333 e. The van der Waals surface area contributed by atoms with Crippen LogP contribution in [0, 0.1) is 5.92 Å². The monoisotopic (exact) mass is 414 g/mol. The van der Waals surface area contributed by atoms with Crippen LogP contribution in [0.4, 0.5) is 5.82 Å². The number of primary amides is 1. The molecular weight excluding hydrogens is 380 g/mol. The number of hydrogen-bond acceptors (Lipinski definition) is 6. The second kappa shape index (κ2) is 11.5.